The van der Waals surface area contributed by atoms with E-state index in [1.165, 1.54) is 5.12 Å². The van der Waals surface area contributed by atoms with Crippen molar-refractivity contribution in [2.24, 2.45) is 5.22 Å². The molecule has 0 heterocycles. The summed E-state index contributed by atoms with van der Waals surface area (Å²) in [6.07, 6.45) is 1.03. The maximum atomic E-state index is 7.02. The van der Waals surface area contributed by atoms with Crippen LogP contribution in [0, 0.1) is 10.9 Å². The molecule has 5 heteroatoms. The molecule has 0 unspecified atom stereocenters. The van der Waals surface area contributed by atoms with Crippen molar-refractivity contribution < 1.29 is 0 Å². The van der Waals surface area contributed by atoms with Crippen molar-refractivity contribution >= 4 is 6.34 Å². The molecule has 70 valence electrons. The third-order valence-corrected chi connectivity index (χ3v) is 1.51. The second-order valence-electron chi connectivity index (χ2n) is 3.12. The number of nitrogens with zero attached hydrogens (tertiary/aromatic N) is 3. The highest BCUT2D eigenvalue weighted by molar-refractivity contribution is 5.48. The summed E-state index contributed by atoms with van der Waals surface area (Å²) in [5.41, 5.74) is 6.84. The topological polar surface area (TPSA) is 66.5 Å². The van der Waals surface area contributed by atoms with Crippen LogP contribution in [0.25, 0.3) is 0 Å². The lowest BCUT2D eigenvalue weighted by Crippen LogP contribution is -2.46. The first kappa shape index (κ1) is 11.0. The van der Waals surface area contributed by atoms with E-state index in [-0.39, 0.29) is 12.1 Å². The van der Waals surface area contributed by atoms with Gasteiger partial charge >= 0.3 is 0 Å². The number of hydrazine groups is 1. The van der Waals surface area contributed by atoms with Crippen molar-refractivity contribution in [3.05, 3.63) is 0 Å². The molecule has 0 rings (SSSR count). The van der Waals surface area contributed by atoms with Crippen LogP contribution >= 0.6 is 0 Å². The van der Waals surface area contributed by atoms with E-state index in [0.29, 0.717) is 0 Å². The van der Waals surface area contributed by atoms with Gasteiger partial charge in [0.25, 0.3) is 0 Å². The number of hydrogen-bond donors (Lipinski definition) is 2. The van der Waals surface area contributed by atoms with Gasteiger partial charge < -0.3 is 0 Å². The van der Waals surface area contributed by atoms with Crippen LogP contribution < -0.4 is 0 Å². The minimum absolute atomic E-state index is 0.237. The van der Waals surface area contributed by atoms with Crippen molar-refractivity contribution in [3.8, 4) is 0 Å². The zero-order chi connectivity index (χ0) is 9.72. The number of hydrogen-bond acceptors (Lipinski definition) is 4. The second kappa shape index (κ2) is 4.82. The van der Waals surface area contributed by atoms with Gasteiger partial charge in [-0.3, -0.25) is 5.41 Å². The Bertz CT molecular complexity index is 138. The maximum absolute atomic E-state index is 7.02. The van der Waals surface area contributed by atoms with Crippen molar-refractivity contribution in [2.45, 2.75) is 39.8 Å². The molecule has 0 spiro atoms. The van der Waals surface area contributed by atoms with Crippen LogP contribution in [0.1, 0.15) is 27.7 Å². The molecular formula is C7H17N5. The van der Waals surface area contributed by atoms with Crippen molar-refractivity contribution in [1.82, 2.24) is 10.1 Å². The molecule has 0 radical (unpaired) electrons. The largest absolute Gasteiger partial charge is 0.288 e. The average molecular weight is 171 g/mol. The molecule has 2 N–H and O–H groups in total. The average Bonchev–Trinajstić information content (AvgIpc) is 1.98. The first-order valence-corrected chi connectivity index (χ1v) is 4.00. The summed E-state index contributed by atoms with van der Waals surface area (Å²) in [4.78, 5) is 0. The molecule has 12 heavy (non-hydrogen) atoms. The first-order chi connectivity index (χ1) is 5.54. The zero-order valence-electron chi connectivity index (χ0n) is 8.07. The second-order valence-corrected chi connectivity index (χ2v) is 3.12. The Kier molecular flexibility index (Phi) is 4.43. The Morgan fingerprint density at radius 2 is 1.58 bits per heavy atom. The van der Waals surface area contributed by atoms with Gasteiger partial charge in [-0.1, -0.05) is 5.22 Å². The third-order valence-electron chi connectivity index (χ3n) is 1.51. The molecule has 0 bridgehead atoms. The minimum atomic E-state index is 0.237. The van der Waals surface area contributed by atoms with E-state index < -0.39 is 0 Å². The molecule has 0 saturated heterocycles. The van der Waals surface area contributed by atoms with E-state index in [4.69, 9.17) is 10.9 Å². The van der Waals surface area contributed by atoms with E-state index in [9.17, 15) is 0 Å². The Balaban J connectivity index is 4.46. The van der Waals surface area contributed by atoms with Gasteiger partial charge in [0.05, 0.1) is 0 Å². The quantitative estimate of drug-likeness (QED) is 0.287. The molecule has 0 aromatic heterocycles. The maximum Gasteiger partial charge on any atom is 0.124 e. The molecule has 0 aliphatic rings. The van der Waals surface area contributed by atoms with Crippen LogP contribution in [0.4, 0.5) is 0 Å². The molecule has 0 atom stereocenters. The minimum Gasteiger partial charge on any atom is -0.288 e. The Morgan fingerprint density at radius 1 is 1.17 bits per heavy atom. The molecular weight excluding hydrogens is 154 g/mol. The summed E-state index contributed by atoms with van der Waals surface area (Å²) in [6.45, 7) is 8.01. The zero-order valence-corrected chi connectivity index (χ0v) is 8.07. The molecule has 0 aliphatic heterocycles. The summed E-state index contributed by atoms with van der Waals surface area (Å²) in [5.74, 6) is 0. The molecule has 5 nitrogen and oxygen atoms in total. The van der Waals surface area contributed by atoms with Crippen LogP contribution in [0.15, 0.2) is 5.22 Å². The van der Waals surface area contributed by atoms with Crippen LogP contribution in [0.5, 0.6) is 0 Å². The van der Waals surface area contributed by atoms with Gasteiger partial charge in [-0.05, 0) is 27.7 Å². The summed E-state index contributed by atoms with van der Waals surface area (Å²) in [5, 5.41) is 13.3. The molecule has 0 saturated carbocycles. The van der Waals surface area contributed by atoms with Crippen LogP contribution in [0.2, 0.25) is 0 Å². The number of nitrogens with one attached hydrogen (secondary N) is 2. The summed E-state index contributed by atoms with van der Waals surface area (Å²) >= 11 is 0. The van der Waals surface area contributed by atoms with E-state index in [0.717, 1.165) is 6.34 Å². The lowest BCUT2D eigenvalue weighted by molar-refractivity contribution is -0.0207. The molecule has 0 aliphatic carbocycles. The highest BCUT2D eigenvalue weighted by Gasteiger charge is 2.18. The molecule has 0 amide bonds. The van der Waals surface area contributed by atoms with E-state index >= 15 is 0 Å². The van der Waals surface area contributed by atoms with Crippen LogP contribution in [-0.2, 0) is 0 Å². The predicted molar refractivity (Wildman–Crippen MR) is 47.9 cm³/mol. The lowest BCUT2D eigenvalue weighted by atomic mass is 10.3. The van der Waals surface area contributed by atoms with E-state index in [1.54, 1.807) is 0 Å². The smallest absolute Gasteiger partial charge is 0.124 e. The van der Waals surface area contributed by atoms with Gasteiger partial charge in [0, 0.05) is 12.1 Å². The lowest BCUT2D eigenvalue weighted by Gasteiger charge is -2.34. The van der Waals surface area contributed by atoms with Gasteiger partial charge in [-0.15, -0.1) is 0 Å². The monoisotopic (exact) mass is 171 g/mol. The van der Waals surface area contributed by atoms with Gasteiger partial charge in [0.2, 0.25) is 0 Å². The fourth-order valence-corrected chi connectivity index (χ4v) is 1.22. The normalized spacial score (nSPS) is 10.9. The fourth-order valence-electron chi connectivity index (χ4n) is 1.22. The standard InChI is InChI=1S/C7H17N5/c1-6(2)12(7(3)4)11(5-8)10-9/h5-9H,1-4H3. The van der Waals surface area contributed by atoms with Gasteiger partial charge in [0.1, 0.15) is 6.34 Å². The van der Waals surface area contributed by atoms with Crippen molar-refractivity contribution in [3.63, 3.8) is 0 Å². The summed E-state index contributed by atoms with van der Waals surface area (Å²) in [6, 6.07) is 0.474. The number of rotatable bonds is 5. The first-order valence-electron chi connectivity index (χ1n) is 4.00. The van der Waals surface area contributed by atoms with Gasteiger partial charge in [0.15, 0.2) is 0 Å². The fraction of sp³-hybridized carbons (Fsp3) is 0.857. The molecule has 0 aromatic rings. The van der Waals surface area contributed by atoms with Gasteiger partial charge in [-0.2, -0.15) is 15.7 Å². The Morgan fingerprint density at radius 3 is 1.67 bits per heavy atom. The van der Waals surface area contributed by atoms with E-state index in [2.05, 4.69) is 5.22 Å². The van der Waals surface area contributed by atoms with Crippen molar-refractivity contribution in [1.29, 1.82) is 10.9 Å². The molecule has 0 aromatic carbocycles. The van der Waals surface area contributed by atoms with Crippen LogP contribution in [0.3, 0.4) is 0 Å². The van der Waals surface area contributed by atoms with Crippen molar-refractivity contribution in [2.75, 3.05) is 0 Å². The molecule has 0 fully saturated rings. The highest BCUT2D eigenvalue weighted by atomic mass is 15.8. The predicted octanol–water partition coefficient (Wildman–Crippen LogP) is 1.88. The van der Waals surface area contributed by atoms with Crippen LogP contribution in [-0.4, -0.2) is 28.5 Å². The SMILES string of the molecule is CC(C)N(C(C)C)N(C=N)N=N. The van der Waals surface area contributed by atoms with Gasteiger partial charge in [-0.25, -0.2) is 0 Å². The Labute approximate surface area is 73.3 Å². The third kappa shape index (κ3) is 2.58. The summed E-state index contributed by atoms with van der Waals surface area (Å²) in [7, 11) is 0. The van der Waals surface area contributed by atoms with E-state index in [1.807, 2.05) is 32.7 Å². The summed E-state index contributed by atoms with van der Waals surface area (Å²) < 4.78 is 0. The highest BCUT2D eigenvalue weighted by Crippen LogP contribution is 2.08. The Hall–Kier alpha value is -0.970.